The van der Waals surface area contributed by atoms with Crippen LogP contribution in [0.2, 0.25) is 0 Å². The number of amides is 2. The monoisotopic (exact) mass is 589 g/mol. The van der Waals surface area contributed by atoms with Crippen LogP contribution in [0.15, 0.2) is 6.33 Å². The van der Waals surface area contributed by atoms with Crippen LogP contribution in [-0.2, 0) is 25.4 Å². The molecular formula is C28H43N7O7. The van der Waals surface area contributed by atoms with Crippen LogP contribution in [0.25, 0.3) is 11.2 Å². The smallest absolute Gasteiger partial charge is 0.410 e. The number of aliphatic hydroxyl groups is 2. The molecule has 0 bridgehead atoms. The number of nitrogens with one attached hydrogen (secondary N) is 1. The summed E-state index contributed by atoms with van der Waals surface area (Å²) in [7, 11) is 0. The normalized spacial score (nSPS) is 28.0. The van der Waals surface area contributed by atoms with Crippen molar-refractivity contribution in [2.75, 3.05) is 32.0 Å². The van der Waals surface area contributed by atoms with Crippen LogP contribution in [0.1, 0.15) is 70.8 Å². The summed E-state index contributed by atoms with van der Waals surface area (Å²) >= 11 is 0. The van der Waals surface area contributed by atoms with Gasteiger partial charge in [0.2, 0.25) is 0 Å². The topological polar surface area (TPSA) is 187 Å². The highest BCUT2D eigenvalue weighted by Gasteiger charge is 2.48. The van der Waals surface area contributed by atoms with Crippen LogP contribution >= 0.6 is 0 Å². The number of anilines is 1. The van der Waals surface area contributed by atoms with Gasteiger partial charge in [-0.3, -0.25) is 9.36 Å². The van der Waals surface area contributed by atoms with Crippen LogP contribution in [0.4, 0.5) is 10.6 Å². The SMILES string of the molecule is CC.Nc1nc(CCCC2CCN(C(=O)OC3CCOC3)CC2)nc2c1ncn2[C@@H]1O[C@H](C(=O)NC2CC2)[C@H](O)C1O. The molecule has 5 heterocycles. The van der Waals surface area contributed by atoms with E-state index in [-0.39, 0.29) is 24.1 Å². The van der Waals surface area contributed by atoms with Gasteiger partial charge in [0.25, 0.3) is 5.91 Å². The minimum absolute atomic E-state index is 0.102. The highest BCUT2D eigenvalue weighted by Crippen LogP contribution is 2.33. The van der Waals surface area contributed by atoms with E-state index in [2.05, 4.69) is 20.3 Å². The van der Waals surface area contributed by atoms with Crippen molar-refractivity contribution in [3.63, 3.8) is 0 Å². The molecule has 2 amide bonds. The maximum absolute atomic E-state index is 12.5. The molecule has 2 aromatic rings. The number of nitrogens with zero attached hydrogens (tertiary/aromatic N) is 5. The van der Waals surface area contributed by atoms with E-state index in [9.17, 15) is 19.8 Å². The van der Waals surface area contributed by atoms with E-state index in [4.69, 9.17) is 19.9 Å². The number of fused-ring (bicyclic) bond motifs is 1. The molecule has 1 aliphatic carbocycles. The van der Waals surface area contributed by atoms with E-state index < -0.39 is 30.4 Å². The number of aliphatic hydroxyl groups excluding tert-OH is 2. The van der Waals surface area contributed by atoms with E-state index in [1.54, 1.807) is 4.90 Å². The van der Waals surface area contributed by atoms with E-state index in [1.165, 1.54) is 10.9 Å². The molecule has 5 N–H and O–H groups in total. The van der Waals surface area contributed by atoms with Crippen LogP contribution < -0.4 is 11.1 Å². The summed E-state index contributed by atoms with van der Waals surface area (Å²) in [4.78, 5) is 40.0. The summed E-state index contributed by atoms with van der Waals surface area (Å²) in [6.07, 6.45) is 2.88. The van der Waals surface area contributed by atoms with Crippen LogP contribution in [-0.4, -0.2) is 103 Å². The first kappa shape index (κ1) is 30.4. The molecular weight excluding hydrogens is 546 g/mol. The fourth-order valence-electron chi connectivity index (χ4n) is 5.68. The van der Waals surface area contributed by atoms with Crippen molar-refractivity contribution in [2.45, 2.75) is 102 Å². The minimum atomic E-state index is -1.38. The lowest BCUT2D eigenvalue weighted by Gasteiger charge is -2.32. The highest BCUT2D eigenvalue weighted by molar-refractivity contribution is 5.83. The maximum atomic E-state index is 12.5. The van der Waals surface area contributed by atoms with Gasteiger partial charge >= 0.3 is 6.09 Å². The molecule has 3 aliphatic heterocycles. The second-order valence-electron chi connectivity index (χ2n) is 11.3. The van der Waals surface area contributed by atoms with E-state index in [0.717, 1.165) is 44.9 Å². The highest BCUT2D eigenvalue weighted by atomic mass is 16.6. The lowest BCUT2D eigenvalue weighted by molar-refractivity contribution is -0.137. The molecule has 1 saturated carbocycles. The van der Waals surface area contributed by atoms with Gasteiger partial charge in [-0.1, -0.05) is 13.8 Å². The Morgan fingerprint density at radius 1 is 1.12 bits per heavy atom. The van der Waals surface area contributed by atoms with Gasteiger partial charge in [-0.15, -0.1) is 0 Å². The van der Waals surface area contributed by atoms with Gasteiger partial charge in [0.05, 0.1) is 19.5 Å². The molecule has 0 aromatic carbocycles. The Bertz CT molecular complexity index is 1220. The van der Waals surface area contributed by atoms with Crippen molar-refractivity contribution in [2.24, 2.45) is 5.92 Å². The molecule has 2 aromatic heterocycles. The summed E-state index contributed by atoms with van der Waals surface area (Å²) in [6.45, 7) is 6.49. The number of carbonyl (C=O) groups is 2. The predicted octanol–water partition coefficient (Wildman–Crippen LogP) is 1.29. The van der Waals surface area contributed by atoms with Crippen molar-refractivity contribution < 1.29 is 34.0 Å². The molecule has 232 valence electrons. The number of hydrogen-bond donors (Lipinski definition) is 4. The summed E-state index contributed by atoms with van der Waals surface area (Å²) in [6, 6.07) is 0.102. The molecule has 6 rings (SSSR count). The summed E-state index contributed by atoms with van der Waals surface area (Å²) in [5.74, 6) is 0.812. The molecule has 5 atom stereocenters. The number of piperidine rings is 1. The third-order valence-corrected chi connectivity index (χ3v) is 8.23. The molecule has 14 heteroatoms. The summed E-state index contributed by atoms with van der Waals surface area (Å²) < 4.78 is 18.1. The first-order chi connectivity index (χ1) is 20.4. The molecule has 0 spiro atoms. The number of nitrogens with two attached hydrogens (primary N) is 1. The first-order valence-electron chi connectivity index (χ1n) is 15.2. The first-order valence-corrected chi connectivity index (χ1v) is 15.2. The quantitative estimate of drug-likeness (QED) is 0.347. The molecule has 42 heavy (non-hydrogen) atoms. The van der Waals surface area contributed by atoms with Gasteiger partial charge in [0.15, 0.2) is 23.8 Å². The molecule has 2 unspecified atom stereocenters. The largest absolute Gasteiger partial charge is 0.444 e. The number of hydrogen-bond acceptors (Lipinski definition) is 11. The number of imidazole rings is 1. The fraction of sp³-hybridized carbons (Fsp3) is 0.750. The average molecular weight is 590 g/mol. The lowest BCUT2D eigenvalue weighted by atomic mass is 9.91. The third-order valence-electron chi connectivity index (χ3n) is 8.23. The van der Waals surface area contributed by atoms with Gasteiger partial charge in [0.1, 0.15) is 29.7 Å². The lowest BCUT2D eigenvalue weighted by Crippen LogP contribution is -2.43. The van der Waals surface area contributed by atoms with E-state index >= 15 is 0 Å². The number of likely N-dealkylation sites (tertiary alicyclic amines) is 1. The molecule has 4 fully saturated rings. The Kier molecular flexibility index (Phi) is 9.76. The molecule has 4 aliphatic rings. The number of carbonyl (C=O) groups excluding carboxylic acids is 2. The minimum Gasteiger partial charge on any atom is -0.444 e. The van der Waals surface area contributed by atoms with Crippen molar-refractivity contribution in [3.05, 3.63) is 12.2 Å². The van der Waals surface area contributed by atoms with Crippen LogP contribution in [0, 0.1) is 5.92 Å². The van der Waals surface area contributed by atoms with Crippen molar-refractivity contribution >= 4 is 29.0 Å². The van der Waals surface area contributed by atoms with Crippen molar-refractivity contribution in [1.29, 1.82) is 0 Å². The zero-order chi connectivity index (χ0) is 29.8. The second-order valence-corrected chi connectivity index (χ2v) is 11.3. The zero-order valence-corrected chi connectivity index (χ0v) is 24.4. The van der Waals surface area contributed by atoms with E-state index in [0.29, 0.717) is 55.6 Å². The Morgan fingerprint density at radius 3 is 2.57 bits per heavy atom. The van der Waals surface area contributed by atoms with Gasteiger partial charge in [-0.05, 0) is 44.4 Å². The Morgan fingerprint density at radius 2 is 1.88 bits per heavy atom. The number of nitrogen functional groups attached to an aromatic ring is 1. The maximum Gasteiger partial charge on any atom is 0.410 e. The zero-order valence-electron chi connectivity index (χ0n) is 24.4. The number of aryl methyl sites for hydroxylation is 1. The summed E-state index contributed by atoms with van der Waals surface area (Å²) in [5, 5.41) is 24.0. The second kappa shape index (κ2) is 13.5. The Balaban J connectivity index is 0.00000173. The molecule has 0 radical (unpaired) electrons. The predicted molar refractivity (Wildman–Crippen MR) is 151 cm³/mol. The van der Waals surface area contributed by atoms with Gasteiger partial charge in [0, 0.05) is 32.0 Å². The number of aromatic nitrogens is 4. The third kappa shape index (κ3) is 6.77. The Labute approximate surface area is 244 Å². The molecule has 14 nitrogen and oxygen atoms in total. The van der Waals surface area contributed by atoms with Crippen molar-refractivity contribution in [3.8, 4) is 0 Å². The summed E-state index contributed by atoms with van der Waals surface area (Å²) in [5.41, 5.74) is 6.92. The average Bonchev–Trinajstić information content (AvgIpc) is 3.34. The number of rotatable bonds is 8. The van der Waals surface area contributed by atoms with Crippen LogP contribution in [0.3, 0.4) is 0 Å². The van der Waals surface area contributed by atoms with Gasteiger partial charge in [-0.2, -0.15) is 0 Å². The molecule has 3 saturated heterocycles. The standard InChI is InChI=1S/C26H37N7O7.C2H6/c27-22-18-23(33(13-28-18)25-20(35)19(34)21(40-25)24(36)29-15-4-5-15)31-17(30-22)3-1-2-14-6-9-32(10-7-14)26(37)39-16-8-11-38-12-16;1-2/h13-16,19-21,25,34-35H,1-12H2,(H,29,36)(H2,27,30,31);1-2H3/t16?,19-,20?,21+,25-;/m1./s1. The van der Waals surface area contributed by atoms with Gasteiger partial charge < -0.3 is 40.4 Å². The Hall–Kier alpha value is -3.07. The fourth-order valence-corrected chi connectivity index (χ4v) is 5.68. The number of ether oxygens (including phenoxy) is 3. The van der Waals surface area contributed by atoms with Crippen molar-refractivity contribution in [1.82, 2.24) is 29.7 Å². The van der Waals surface area contributed by atoms with Crippen LogP contribution in [0.5, 0.6) is 0 Å². The van der Waals surface area contributed by atoms with E-state index in [1.807, 2.05) is 13.8 Å². The van der Waals surface area contributed by atoms with Gasteiger partial charge in [-0.25, -0.2) is 19.7 Å².